The first kappa shape index (κ1) is 15.6. The van der Waals surface area contributed by atoms with Crippen molar-refractivity contribution in [2.45, 2.75) is 30.7 Å². The van der Waals surface area contributed by atoms with E-state index in [1.54, 1.807) is 11.8 Å². The summed E-state index contributed by atoms with van der Waals surface area (Å²) in [4.78, 5) is 1.25. The van der Waals surface area contributed by atoms with Crippen molar-refractivity contribution >= 4 is 27.7 Å². The fourth-order valence-electron chi connectivity index (χ4n) is 2.06. The van der Waals surface area contributed by atoms with Crippen molar-refractivity contribution in [1.82, 2.24) is 0 Å². The van der Waals surface area contributed by atoms with Crippen molar-refractivity contribution in [3.63, 3.8) is 0 Å². The highest BCUT2D eigenvalue weighted by molar-refractivity contribution is 9.10. The molecule has 2 aromatic carbocycles. The van der Waals surface area contributed by atoms with Crippen LogP contribution in [0.25, 0.3) is 0 Å². The van der Waals surface area contributed by atoms with Gasteiger partial charge in [-0.15, -0.1) is 11.8 Å². The van der Waals surface area contributed by atoms with Gasteiger partial charge >= 0.3 is 0 Å². The molecule has 1 atom stereocenters. The van der Waals surface area contributed by atoms with Crippen LogP contribution in [0, 0.1) is 0 Å². The Morgan fingerprint density at radius 3 is 2.55 bits per heavy atom. The van der Waals surface area contributed by atoms with Gasteiger partial charge < -0.3 is 5.73 Å². The monoisotopic (exact) mass is 349 g/mol. The Balaban J connectivity index is 1.92. The molecule has 0 aliphatic rings. The average molecular weight is 350 g/mol. The van der Waals surface area contributed by atoms with Crippen LogP contribution >= 0.6 is 27.7 Å². The summed E-state index contributed by atoms with van der Waals surface area (Å²) in [6.07, 6.45) is 2.33. The number of aryl methyl sites for hydroxylation is 1. The van der Waals surface area contributed by atoms with Gasteiger partial charge in [0.25, 0.3) is 0 Å². The predicted molar refractivity (Wildman–Crippen MR) is 92.2 cm³/mol. The second kappa shape index (κ2) is 7.87. The highest BCUT2D eigenvalue weighted by atomic mass is 79.9. The molecule has 2 N–H and O–H groups in total. The lowest BCUT2D eigenvalue weighted by Crippen LogP contribution is -2.12. The van der Waals surface area contributed by atoms with Crippen LogP contribution in [0.1, 0.15) is 30.5 Å². The minimum Gasteiger partial charge on any atom is -0.323 e. The molecule has 0 saturated carbocycles. The Labute approximate surface area is 134 Å². The molecule has 0 saturated heterocycles. The first-order chi connectivity index (χ1) is 9.69. The highest BCUT2D eigenvalue weighted by Gasteiger charge is 2.07. The van der Waals surface area contributed by atoms with Crippen LogP contribution in [-0.4, -0.2) is 5.75 Å². The van der Waals surface area contributed by atoms with Gasteiger partial charge in [-0.05, 0) is 35.7 Å². The quantitative estimate of drug-likeness (QED) is 0.725. The summed E-state index contributed by atoms with van der Waals surface area (Å²) in [5, 5.41) is 0. The number of halogens is 1. The first-order valence-corrected chi connectivity index (χ1v) is 8.69. The van der Waals surface area contributed by atoms with Crippen molar-refractivity contribution in [3.05, 3.63) is 64.1 Å². The lowest BCUT2D eigenvalue weighted by atomic mass is 10.0. The summed E-state index contributed by atoms with van der Waals surface area (Å²) in [6, 6.07) is 17.1. The summed E-state index contributed by atoms with van der Waals surface area (Å²) in [5.74, 6) is 0.892. The zero-order chi connectivity index (χ0) is 14.4. The Morgan fingerprint density at radius 1 is 1.15 bits per heavy atom. The molecular formula is C17H20BrNS. The maximum Gasteiger partial charge on any atom is 0.0390 e. The standard InChI is InChI=1S/C17H20BrNS/c1-2-4-13-7-9-14(10-8-13)17(19)12-20-16-6-3-5-15(18)11-16/h3,5-11,17H,2,4,12,19H2,1H3. The molecular weight excluding hydrogens is 330 g/mol. The van der Waals surface area contributed by atoms with E-state index in [2.05, 4.69) is 65.3 Å². The molecule has 0 bridgehead atoms. The molecule has 0 aliphatic carbocycles. The van der Waals surface area contributed by atoms with Crippen LogP contribution in [0.3, 0.4) is 0 Å². The van der Waals surface area contributed by atoms with Gasteiger partial charge in [-0.2, -0.15) is 0 Å². The fraction of sp³-hybridized carbons (Fsp3) is 0.294. The Hall–Kier alpha value is -0.770. The van der Waals surface area contributed by atoms with Gasteiger partial charge in [0, 0.05) is 21.2 Å². The zero-order valence-electron chi connectivity index (χ0n) is 11.7. The average Bonchev–Trinajstić information content (AvgIpc) is 2.46. The van der Waals surface area contributed by atoms with Crippen molar-refractivity contribution < 1.29 is 0 Å². The highest BCUT2D eigenvalue weighted by Crippen LogP contribution is 2.26. The van der Waals surface area contributed by atoms with E-state index < -0.39 is 0 Å². The maximum absolute atomic E-state index is 6.27. The van der Waals surface area contributed by atoms with Gasteiger partial charge in [0.15, 0.2) is 0 Å². The van der Waals surface area contributed by atoms with Crippen LogP contribution in [0.15, 0.2) is 57.9 Å². The van der Waals surface area contributed by atoms with Crippen molar-refractivity contribution in [2.24, 2.45) is 5.73 Å². The van der Waals surface area contributed by atoms with Crippen LogP contribution in [-0.2, 0) is 6.42 Å². The summed E-state index contributed by atoms with van der Waals surface area (Å²) in [5.41, 5.74) is 8.88. The number of nitrogens with two attached hydrogens (primary N) is 1. The summed E-state index contributed by atoms with van der Waals surface area (Å²) >= 11 is 5.29. The molecule has 0 fully saturated rings. The van der Waals surface area contributed by atoms with Crippen LogP contribution < -0.4 is 5.73 Å². The summed E-state index contributed by atoms with van der Waals surface area (Å²) < 4.78 is 1.11. The third-order valence-corrected chi connectivity index (χ3v) is 4.78. The van der Waals surface area contributed by atoms with Crippen molar-refractivity contribution in [2.75, 3.05) is 5.75 Å². The third kappa shape index (κ3) is 4.65. The van der Waals surface area contributed by atoms with Gasteiger partial charge in [-0.3, -0.25) is 0 Å². The Bertz CT molecular complexity index is 539. The molecule has 0 radical (unpaired) electrons. The van der Waals surface area contributed by atoms with Gasteiger partial charge in [0.05, 0.1) is 0 Å². The number of hydrogen-bond acceptors (Lipinski definition) is 2. The molecule has 0 aromatic heterocycles. The molecule has 0 heterocycles. The van der Waals surface area contributed by atoms with Gasteiger partial charge in [-0.25, -0.2) is 0 Å². The van der Waals surface area contributed by atoms with E-state index in [4.69, 9.17) is 5.73 Å². The van der Waals surface area contributed by atoms with Crippen molar-refractivity contribution in [3.8, 4) is 0 Å². The Morgan fingerprint density at radius 2 is 1.90 bits per heavy atom. The van der Waals surface area contributed by atoms with Gasteiger partial charge in [0.2, 0.25) is 0 Å². The maximum atomic E-state index is 6.27. The van der Waals surface area contributed by atoms with Crippen molar-refractivity contribution in [1.29, 1.82) is 0 Å². The number of hydrogen-bond donors (Lipinski definition) is 1. The fourth-order valence-corrected chi connectivity index (χ4v) is 3.56. The van der Waals surface area contributed by atoms with E-state index in [1.807, 2.05) is 6.07 Å². The molecule has 2 rings (SSSR count). The second-order valence-electron chi connectivity index (χ2n) is 4.87. The van der Waals surface area contributed by atoms with Crippen LogP contribution in [0.4, 0.5) is 0 Å². The lowest BCUT2D eigenvalue weighted by molar-refractivity contribution is 0.828. The lowest BCUT2D eigenvalue weighted by Gasteiger charge is -2.12. The van der Waals surface area contributed by atoms with E-state index in [-0.39, 0.29) is 6.04 Å². The minimum atomic E-state index is 0.0784. The molecule has 1 nitrogen and oxygen atoms in total. The van der Waals surface area contributed by atoms with Crippen LogP contribution in [0.5, 0.6) is 0 Å². The second-order valence-corrected chi connectivity index (χ2v) is 6.88. The Kier molecular flexibility index (Phi) is 6.14. The number of benzene rings is 2. The molecule has 0 spiro atoms. The number of rotatable bonds is 6. The van der Waals surface area contributed by atoms with Gasteiger partial charge in [0.1, 0.15) is 0 Å². The molecule has 106 valence electrons. The van der Waals surface area contributed by atoms with E-state index in [9.17, 15) is 0 Å². The van der Waals surface area contributed by atoms with E-state index >= 15 is 0 Å². The molecule has 20 heavy (non-hydrogen) atoms. The minimum absolute atomic E-state index is 0.0784. The molecule has 0 aliphatic heterocycles. The molecule has 3 heteroatoms. The van der Waals surface area contributed by atoms with E-state index in [0.717, 1.165) is 16.6 Å². The molecule has 1 unspecified atom stereocenters. The predicted octanol–water partition coefficient (Wildman–Crippen LogP) is 5.19. The van der Waals surface area contributed by atoms with E-state index in [0.29, 0.717) is 0 Å². The largest absolute Gasteiger partial charge is 0.323 e. The van der Waals surface area contributed by atoms with E-state index in [1.165, 1.54) is 22.4 Å². The molecule has 2 aromatic rings. The SMILES string of the molecule is CCCc1ccc(C(N)CSc2cccc(Br)c2)cc1. The normalized spacial score (nSPS) is 12.3. The number of thioether (sulfide) groups is 1. The zero-order valence-corrected chi connectivity index (χ0v) is 14.1. The summed E-state index contributed by atoms with van der Waals surface area (Å²) in [7, 11) is 0. The topological polar surface area (TPSA) is 26.0 Å². The summed E-state index contributed by atoms with van der Waals surface area (Å²) in [6.45, 7) is 2.20. The first-order valence-electron chi connectivity index (χ1n) is 6.92. The molecule has 0 amide bonds. The smallest absolute Gasteiger partial charge is 0.0390 e. The van der Waals surface area contributed by atoms with Crippen LogP contribution in [0.2, 0.25) is 0 Å². The third-order valence-electron chi connectivity index (χ3n) is 3.17. The van der Waals surface area contributed by atoms with Gasteiger partial charge in [-0.1, -0.05) is 59.6 Å².